The van der Waals surface area contributed by atoms with Crippen molar-refractivity contribution in [3.63, 3.8) is 0 Å². The van der Waals surface area contributed by atoms with E-state index in [9.17, 15) is 4.79 Å². The van der Waals surface area contributed by atoms with Crippen molar-refractivity contribution in [2.24, 2.45) is 10.8 Å². The fourth-order valence-corrected chi connectivity index (χ4v) is 1.67. The molecule has 0 spiro atoms. The van der Waals surface area contributed by atoms with Crippen LogP contribution >= 0.6 is 15.9 Å². The van der Waals surface area contributed by atoms with Gasteiger partial charge < -0.3 is 15.2 Å². The van der Waals surface area contributed by atoms with Gasteiger partial charge in [-0.25, -0.2) is 10.2 Å². The molecule has 0 heterocycles. The molecule has 7 heteroatoms. The number of rotatable bonds is 5. The molecular weight excluding hydrogens is 302 g/mol. The Balaban J connectivity index is 3.01. The number of amides is 2. The lowest BCUT2D eigenvalue weighted by Crippen LogP contribution is -2.24. The van der Waals surface area contributed by atoms with Crippen molar-refractivity contribution in [3.8, 4) is 11.5 Å². The molecule has 0 radical (unpaired) electrons. The number of hydrazone groups is 1. The average molecular weight is 316 g/mol. The molecule has 2 amide bonds. The first kappa shape index (κ1) is 14.3. The molecule has 0 atom stereocenters. The zero-order valence-corrected chi connectivity index (χ0v) is 11.7. The molecule has 0 unspecified atom stereocenters. The van der Waals surface area contributed by atoms with E-state index >= 15 is 0 Å². The summed E-state index contributed by atoms with van der Waals surface area (Å²) in [6, 6.07) is 2.79. The molecule has 0 aromatic heterocycles. The maximum Gasteiger partial charge on any atom is 0.332 e. The van der Waals surface area contributed by atoms with Gasteiger partial charge in [-0.15, -0.1) is 0 Å². The Kier molecular flexibility index (Phi) is 5.44. The van der Waals surface area contributed by atoms with Crippen LogP contribution in [0, 0.1) is 0 Å². The van der Waals surface area contributed by atoms with Crippen molar-refractivity contribution in [2.45, 2.75) is 6.92 Å². The van der Waals surface area contributed by atoms with E-state index in [2.05, 4.69) is 26.5 Å². The SMILES string of the molecule is CCOc1cc(C=NNC(N)=O)c(Br)cc1OC. The molecule has 0 bridgehead atoms. The Morgan fingerprint density at radius 2 is 2.28 bits per heavy atom. The van der Waals surface area contributed by atoms with Gasteiger partial charge in [-0.05, 0) is 35.0 Å². The summed E-state index contributed by atoms with van der Waals surface area (Å²) in [5.74, 6) is 1.22. The van der Waals surface area contributed by atoms with Gasteiger partial charge in [0.1, 0.15) is 0 Å². The van der Waals surface area contributed by atoms with Crippen molar-refractivity contribution in [1.82, 2.24) is 5.43 Å². The van der Waals surface area contributed by atoms with Crippen LogP contribution in [0.1, 0.15) is 12.5 Å². The fraction of sp³-hybridized carbons (Fsp3) is 0.273. The zero-order valence-electron chi connectivity index (χ0n) is 10.1. The normalized spacial score (nSPS) is 10.4. The number of ether oxygens (including phenoxy) is 2. The molecular formula is C11H14BrN3O3. The van der Waals surface area contributed by atoms with Crippen LogP contribution in [0.3, 0.4) is 0 Å². The van der Waals surface area contributed by atoms with Gasteiger partial charge in [0.2, 0.25) is 0 Å². The van der Waals surface area contributed by atoms with Crippen LogP contribution in [0.4, 0.5) is 4.79 Å². The molecule has 18 heavy (non-hydrogen) atoms. The molecule has 3 N–H and O–H groups in total. The van der Waals surface area contributed by atoms with Crippen molar-refractivity contribution in [1.29, 1.82) is 0 Å². The average Bonchev–Trinajstić information content (AvgIpc) is 2.32. The molecule has 0 aliphatic carbocycles. The standard InChI is InChI=1S/C11H14BrN3O3/c1-3-18-10-4-7(6-14-15-11(13)16)8(12)5-9(10)17-2/h4-6H,3H2,1-2H3,(H3,13,15,16). The van der Waals surface area contributed by atoms with Gasteiger partial charge in [0.25, 0.3) is 0 Å². The van der Waals surface area contributed by atoms with Gasteiger partial charge in [0, 0.05) is 10.0 Å². The number of nitrogens with zero attached hydrogens (tertiary/aromatic N) is 1. The minimum atomic E-state index is -0.721. The number of halogens is 1. The summed E-state index contributed by atoms with van der Waals surface area (Å²) in [4.78, 5) is 10.5. The number of hydrogen-bond acceptors (Lipinski definition) is 4. The number of primary amides is 1. The number of nitrogens with one attached hydrogen (secondary N) is 1. The summed E-state index contributed by atoms with van der Waals surface area (Å²) >= 11 is 3.37. The molecule has 0 saturated heterocycles. The summed E-state index contributed by atoms with van der Waals surface area (Å²) in [6.45, 7) is 2.40. The Morgan fingerprint density at radius 1 is 1.56 bits per heavy atom. The number of hydrogen-bond donors (Lipinski definition) is 2. The Morgan fingerprint density at radius 3 is 2.83 bits per heavy atom. The number of urea groups is 1. The molecule has 1 aromatic rings. The first-order chi connectivity index (χ1) is 8.58. The summed E-state index contributed by atoms with van der Waals surface area (Å²) in [5, 5.41) is 3.68. The zero-order chi connectivity index (χ0) is 13.5. The molecule has 1 aromatic carbocycles. The van der Waals surface area contributed by atoms with Gasteiger partial charge in [-0.3, -0.25) is 0 Å². The quantitative estimate of drug-likeness (QED) is 0.642. The minimum absolute atomic E-state index is 0.522. The van der Waals surface area contributed by atoms with Gasteiger partial charge in [-0.2, -0.15) is 5.10 Å². The molecule has 0 aliphatic heterocycles. The summed E-state index contributed by atoms with van der Waals surface area (Å²) in [5.41, 5.74) is 7.74. The predicted octanol–water partition coefficient (Wildman–Crippen LogP) is 1.86. The first-order valence-electron chi connectivity index (χ1n) is 5.17. The third-order valence-corrected chi connectivity index (χ3v) is 2.65. The van der Waals surface area contributed by atoms with Crippen LogP contribution in [-0.4, -0.2) is 26.0 Å². The van der Waals surface area contributed by atoms with E-state index in [4.69, 9.17) is 15.2 Å². The van der Waals surface area contributed by atoms with Crippen molar-refractivity contribution >= 4 is 28.2 Å². The van der Waals surface area contributed by atoms with Crippen LogP contribution in [0.2, 0.25) is 0 Å². The Labute approximate surface area is 113 Å². The summed E-state index contributed by atoms with van der Waals surface area (Å²) in [6.07, 6.45) is 1.46. The van der Waals surface area contributed by atoms with Crippen LogP contribution in [-0.2, 0) is 0 Å². The van der Waals surface area contributed by atoms with E-state index in [-0.39, 0.29) is 0 Å². The molecule has 0 aliphatic rings. The second-order valence-electron chi connectivity index (χ2n) is 3.19. The largest absolute Gasteiger partial charge is 0.493 e. The lowest BCUT2D eigenvalue weighted by atomic mass is 10.2. The van der Waals surface area contributed by atoms with Crippen LogP contribution in [0.5, 0.6) is 11.5 Å². The maximum atomic E-state index is 10.5. The molecule has 0 fully saturated rings. The maximum absolute atomic E-state index is 10.5. The molecule has 1 rings (SSSR count). The summed E-state index contributed by atoms with van der Waals surface area (Å²) < 4.78 is 11.4. The molecule has 98 valence electrons. The highest BCUT2D eigenvalue weighted by molar-refractivity contribution is 9.10. The minimum Gasteiger partial charge on any atom is -0.493 e. The monoisotopic (exact) mass is 315 g/mol. The van der Waals surface area contributed by atoms with E-state index in [1.807, 2.05) is 6.92 Å². The number of carbonyl (C=O) groups is 1. The Hall–Kier alpha value is -1.76. The van der Waals surface area contributed by atoms with E-state index in [0.29, 0.717) is 18.1 Å². The number of methoxy groups -OCH3 is 1. The van der Waals surface area contributed by atoms with Crippen molar-refractivity contribution in [2.75, 3.05) is 13.7 Å². The fourth-order valence-electron chi connectivity index (χ4n) is 1.24. The Bertz CT molecular complexity index is 463. The second-order valence-corrected chi connectivity index (χ2v) is 4.05. The van der Waals surface area contributed by atoms with E-state index < -0.39 is 6.03 Å². The highest BCUT2D eigenvalue weighted by atomic mass is 79.9. The van der Waals surface area contributed by atoms with E-state index in [1.165, 1.54) is 6.21 Å². The molecule has 0 saturated carbocycles. The van der Waals surface area contributed by atoms with Crippen LogP contribution in [0.25, 0.3) is 0 Å². The van der Waals surface area contributed by atoms with Crippen molar-refractivity contribution in [3.05, 3.63) is 22.2 Å². The lowest BCUT2D eigenvalue weighted by molar-refractivity contribution is 0.249. The van der Waals surface area contributed by atoms with Gasteiger partial charge in [0.05, 0.1) is 19.9 Å². The number of benzene rings is 1. The second kappa shape index (κ2) is 6.85. The third-order valence-electron chi connectivity index (χ3n) is 1.96. The van der Waals surface area contributed by atoms with E-state index in [0.717, 1.165) is 10.0 Å². The number of nitrogens with two attached hydrogens (primary N) is 1. The highest BCUT2D eigenvalue weighted by Crippen LogP contribution is 2.32. The van der Waals surface area contributed by atoms with Gasteiger partial charge in [0.15, 0.2) is 11.5 Å². The number of carbonyl (C=O) groups excluding carboxylic acids is 1. The van der Waals surface area contributed by atoms with Crippen LogP contribution < -0.4 is 20.6 Å². The topological polar surface area (TPSA) is 85.9 Å². The summed E-state index contributed by atoms with van der Waals surface area (Å²) in [7, 11) is 1.56. The van der Waals surface area contributed by atoms with Gasteiger partial charge in [-0.1, -0.05) is 0 Å². The highest BCUT2D eigenvalue weighted by Gasteiger charge is 2.08. The molecule has 6 nitrogen and oxygen atoms in total. The predicted molar refractivity (Wildman–Crippen MR) is 72.2 cm³/mol. The first-order valence-corrected chi connectivity index (χ1v) is 5.96. The van der Waals surface area contributed by atoms with Crippen molar-refractivity contribution < 1.29 is 14.3 Å². The lowest BCUT2D eigenvalue weighted by Gasteiger charge is -2.11. The third kappa shape index (κ3) is 3.92. The van der Waals surface area contributed by atoms with Gasteiger partial charge >= 0.3 is 6.03 Å². The van der Waals surface area contributed by atoms with E-state index in [1.54, 1.807) is 19.2 Å². The smallest absolute Gasteiger partial charge is 0.332 e. The van der Waals surface area contributed by atoms with Crippen LogP contribution in [0.15, 0.2) is 21.7 Å².